The molecule has 0 aliphatic carbocycles. The molecule has 0 fully saturated rings. The molecule has 122 valence electrons. The second kappa shape index (κ2) is 7.23. The van der Waals surface area contributed by atoms with E-state index in [4.69, 9.17) is 5.11 Å². The molecule has 0 saturated carbocycles. The van der Waals surface area contributed by atoms with E-state index in [-0.39, 0.29) is 12.2 Å². The monoisotopic (exact) mass is 405 g/mol. The Morgan fingerprint density at radius 1 is 1.25 bits per heavy atom. The van der Waals surface area contributed by atoms with Crippen molar-refractivity contribution in [1.29, 1.82) is 0 Å². The summed E-state index contributed by atoms with van der Waals surface area (Å²) in [6, 6.07) is 12.5. The summed E-state index contributed by atoms with van der Waals surface area (Å²) >= 11 is 4.71. The Balaban J connectivity index is 2.04. The van der Waals surface area contributed by atoms with E-state index < -0.39 is 5.97 Å². The van der Waals surface area contributed by atoms with Gasteiger partial charge in [-0.3, -0.25) is 4.79 Å². The number of fused-ring (bicyclic) bond motifs is 1. The molecule has 3 aromatic rings. The van der Waals surface area contributed by atoms with Crippen LogP contribution in [0.3, 0.4) is 0 Å². The molecule has 0 aliphatic rings. The van der Waals surface area contributed by atoms with E-state index in [0.717, 1.165) is 20.8 Å². The molecular formula is C18H13BrFNO2S. The van der Waals surface area contributed by atoms with E-state index in [9.17, 15) is 9.18 Å². The van der Waals surface area contributed by atoms with Crippen molar-refractivity contribution in [3.63, 3.8) is 0 Å². The lowest BCUT2D eigenvalue weighted by atomic mass is 10.1. The van der Waals surface area contributed by atoms with Gasteiger partial charge in [0.2, 0.25) is 0 Å². The number of para-hydroxylation sites is 1. The van der Waals surface area contributed by atoms with Gasteiger partial charge in [-0.15, -0.1) is 11.3 Å². The first kappa shape index (κ1) is 16.8. The van der Waals surface area contributed by atoms with E-state index in [1.54, 1.807) is 18.2 Å². The smallest absolute Gasteiger partial charge is 0.303 e. The number of carboxylic acid groups (broad SMARTS) is 1. The van der Waals surface area contributed by atoms with Crippen LogP contribution in [0.1, 0.15) is 23.4 Å². The molecule has 0 aliphatic heterocycles. The average Bonchev–Trinajstić information content (AvgIpc) is 2.97. The first-order valence-electron chi connectivity index (χ1n) is 7.26. The number of hydrogen-bond acceptors (Lipinski definition) is 3. The van der Waals surface area contributed by atoms with Gasteiger partial charge in [-0.25, -0.2) is 9.37 Å². The molecule has 0 unspecified atom stereocenters. The summed E-state index contributed by atoms with van der Waals surface area (Å²) < 4.78 is 15.8. The normalized spacial score (nSPS) is 11.8. The van der Waals surface area contributed by atoms with Crippen molar-refractivity contribution < 1.29 is 14.3 Å². The van der Waals surface area contributed by atoms with Gasteiger partial charge in [0.15, 0.2) is 0 Å². The number of hydrogen-bond donors (Lipinski definition) is 1. The molecule has 0 amide bonds. The molecule has 1 N–H and O–H groups in total. The highest BCUT2D eigenvalue weighted by molar-refractivity contribution is 9.10. The minimum absolute atomic E-state index is 0.0279. The van der Waals surface area contributed by atoms with Crippen LogP contribution in [0.4, 0.5) is 4.39 Å². The third kappa shape index (κ3) is 3.88. The molecule has 1 heterocycles. The number of aromatic nitrogens is 1. The van der Waals surface area contributed by atoms with Gasteiger partial charge in [0.1, 0.15) is 10.8 Å². The third-order valence-electron chi connectivity index (χ3n) is 3.47. The van der Waals surface area contributed by atoms with Crippen LogP contribution in [0, 0.1) is 5.82 Å². The molecule has 0 spiro atoms. The van der Waals surface area contributed by atoms with Crippen LogP contribution in [0.2, 0.25) is 0 Å². The number of rotatable bonds is 5. The molecule has 2 aromatic carbocycles. The van der Waals surface area contributed by atoms with Gasteiger partial charge >= 0.3 is 5.97 Å². The summed E-state index contributed by atoms with van der Waals surface area (Å²) in [4.78, 5) is 15.5. The van der Waals surface area contributed by atoms with E-state index in [1.807, 2.05) is 24.3 Å². The number of nitrogens with zero attached hydrogens (tertiary/aromatic N) is 1. The zero-order valence-corrected chi connectivity index (χ0v) is 14.9. The minimum atomic E-state index is -0.890. The highest BCUT2D eigenvalue weighted by Crippen LogP contribution is 2.31. The summed E-state index contributed by atoms with van der Waals surface area (Å²) in [5.74, 6) is -1.25. The Morgan fingerprint density at radius 2 is 2.04 bits per heavy atom. The number of benzene rings is 2. The zero-order chi connectivity index (χ0) is 17.1. The quantitative estimate of drug-likeness (QED) is 0.600. The molecule has 3 rings (SSSR count). The van der Waals surface area contributed by atoms with Crippen molar-refractivity contribution in [2.45, 2.75) is 12.8 Å². The lowest BCUT2D eigenvalue weighted by Crippen LogP contribution is -1.96. The summed E-state index contributed by atoms with van der Waals surface area (Å²) in [5, 5.41) is 9.70. The van der Waals surface area contributed by atoms with Crippen molar-refractivity contribution in [3.05, 3.63) is 63.3 Å². The number of allylic oxidation sites excluding steroid dienone is 1. The molecule has 0 radical (unpaired) electrons. The fraction of sp³-hybridized carbons (Fsp3) is 0.111. The predicted octanol–water partition coefficient (Wildman–Crippen LogP) is 5.60. The summed E-state index contributed by atoms with van der Waals surface area (Å²) in [6.07, 6.45) is 1.95. The van der Waals surface area contributed by atoms with E-state index in [1.165, 1.54) is 17.4 Å². The molecule has 24 heavy (non-hydrogen) atoms. The van der Waals surface area contributed by atoms with Gasteiger partial charge in [0.05, 0.1) is 10.2 Å². The molecular weight excluding hydrogens is 393 g/mol. The molecule has 1 aromatic heterocycles. The van der Waals surface area contributed by atoms with Gasteiger partial charge in [-0.05, 0) is 42.3 Å². The maximum atomic E-state index is 14.1. The summed E-state index contributed by atoms with van der Waals surface area (Å²) in [6.45, 7) is 0. The first-order chi connectivity index (χ1) is 11.5. The van der Waals surface area contributed by atoms with Crippen molar-refractivity contribution in [2.75, 3.05) is 0 Å². The van der Waals surface area contributed by atoms with E-state index >= 15 is 0 Å². The highest BCUT2D eigenvalue weighted by atomic mass is 79.9. The Morgan fingerprint density at radius 3 is 2.75 bits per heavy atom. The fourth-order valence-electron chi connectivity index (χ4n) is 2.30. The predicted molar refractivity (Wildman–Crippen MR) is 98.5 cm³/mol. The first-order valence-corrected chi connectivity index (χ1v) is 8.87. The molecule has 0 saturated heterocycles. The van der Waals surface area contributed by atoms with Crippen LogP contribution < -0.4 is 0 Å². The van der Waals surface area contributed by atoms with Crippen molar-refractivity contribution in [1.82, 2.24) is 4.98 Å². The van der Waals surface area contributed by atoms with Gasteiger partial charge < -0.3 is 5.11 Å². The number of carbonyl (C=O) groups is 1. The molecule has 6 heteroatoms. The fourth-order valence-corrected chi connectivity index (χ4v) is 3.64. The number of carboxylic acids is 1. The van der Waals surface area contributed by atoms with E-state index in [2.05, 4.69) is 20.9 Å². The number of thiazole rings is 1. The van der Waals surface area contributed by atoms with Gasteiger partial charge in [-0.2, -0.15) is 0 Å². The van der Waals surface area contributed by atoms with Crippen LogP contribution in [0.5, 0.6) is 0 Å². The van der Waals surface area contributed by atoms with Gasteiger partial charge in [0, 0.05) is 16.5 Å². The lowest BCUT2D eigenvalue weighted by Gasteiger charge is -2.04. The molecule has 3 nitrogen and oxygen atoms in total. The van der Waals surface area contributed by atoms with Crippen LogP contribution in [0.15, 0.2) is 46.9 Å². The van der Waals surface area contributed by atoms with Gasteiger partial charge in [0.25, 0.3) is 0 Å². The van der Waals surface area contributed by atoms with E-state index in [0.29, 0.717) is 16.5 Å². The van der Waals surface area contributed by atoms with Crippen LogP contribution in [-0.2, 0) is 4.79 Å². The molecule has 0 atom stereocenters. The standard InChI is InChI=1S/C18H13BrFNO2S/c19-13-7-5-11(14(20)10-13)9-12(6-8-17(22)23)18-21-15-3-1-2-4-16(15)24-18/h1-5,7,9-10H,6,8H2,(H,22,23)/b12-9-. The second-order valence-corrected chi connectivity index (χ2v) is 7.16. The molecule has 0 bridgehead atoms. The largest absolute Gasteiger partial charge is 0.481 e. The maximum absolute atomic E-state index is 14.1. The van der Waals surface area contributed by atoms with Crippen molar-refractivity contribution in [2.24, 2.45) is 0 Å². The average molecular weight is 406 g/mol. The maximum Gasteiger partial charge on any atom is 0.303 e. The Kier molecular flexibility index (Phi) is 5.06. The summed E-state index contributed by atoms with van der Waals surface area (Å²) in [5.41, 5.74) is 1.99. The van der Waals surface area contributed by atoms with Crippen molar-refractivity contribution in [3.8, 4) is 0 Å². The number of halogens is 2. The van der Waals surface area contributed by atoms with Crippen LogP contribution in [0.25, 0.3) is 21.9 Å². The minimum Gasteiger partial charge on any atom is -0.481 e. The van der Waals surface area contributed by atoms with Crippen LogP contribution in [-0.4, -0.2) is 16.1 Å². The number of aliphatic carboxylic acids is 1. The summed E-state index contributed by atoms with van der Waals surface area (Å²) in [7, 11) is 0. The highest BCUT2D eigenvalue weighted by Gasteiger charge is 2.12. The Hall–Kier alpha value is -2.05. The zero-order valence-electron chi connectivity index (χ0n) is 12.5. The lowest BCUT2D eigenvalue weighted by molar-refractivity contribution is -0.136. The van der Waals surface area contributed by atoms with Crippen LogP contribution >= 0.6 is 27.3 Å². The van der Waals surface area contributed by atoms with Crippen molar-refractivity contribution >= 4 is 55.1 Å². The SMILES string of the molecule is O=C(O)CC/C(=C/c1ccc(Br)cc1F)c1nc2ccccc2s1. The third-order valence-corrected chi connectivity index (χ3v) is 5.07. The van der Waals surface area contributed by atoms with Gasteiger partial charge in [-0.1, -0.05) is 34.1 Å². The second-order valence-electron chi connectivity index (χ2n) is 5.22. The Bertz CT molecular complexity index is 903. The topological polar surface area (TPSA) is 50.2 Å². The Labute approximate surface area is 150 Å².